The Morgan fingerprint density at radius 3 is 2.68 bits per heavy atom. The second-order valence-electron chi connectivity index (χ2n) is 7.02. The van der Waals surface area contributed by atoms with E-state index in [2.05, 4.69) is 34.1 Å². The molecular formula is C19H25N3O3. The van der Waals surface area contributed by atoms with Gasteiger partial charge in [0.05, 0.1) is 19.3 Å². The molecule has 2 aliphatic rings. The quantitative estimate of drug-likeness (QED) is 0.831. The van der Waals surface area contributed by atoms with E-state index in [1.165, 1.54) is 5.56 Å². The molecule has 1 aromatic carbocycles. The van der Waals surface area contributed by atoms with Crippen molar-refractivity contribution < 1.29 is 14.0 Å². The highest BCUT2D eigenvalue weighted by atomic mass is 16.5. The molecule has 25 heavy (non-hydrogen) atoms. The van der Waals surface area contributed by atoms with Gasteiger partial charge in [-0.1, -0.05) is 35.0 Å². The molecule has 4 rings (SSSR count). The van der Waals surface area contributed by atoms with E-state index >= 15 is 0 Å². The van der Waals surface area contributed by atoms with E-state index in [1.54, 1.807) is 0 Å². The Morgan fingerprint density at radius 2 is 1.96 bits per heavy atom. The van der Waals surface area contributed by atoms with Crippen LogP contribution in [0.5, 0.6) is 0 Å². The van der Waals surface area contributed by atoms with E-state index in [9.17, 15) is 0 Å². The van der Waals surface area contributed by atoms with Gasteiger partial charge in [-0.15, -0.1) is 0 Å². The maximum Gasteiger partial charge on any atom is 0.324 e. The fourth-order valence-electron chi connectivity index (χ4n) is 3.36. The number of benzene rings is 1. The minimum atomic E-state index is 0.330. The molecule has 1 unspecified atom stereocenters. The number of hydrogen-bond donors (Lipinski definition) is 0. The molecule has 134 valence electrons. The van der Waals surface area contributed by atoms with Crippen molar-refractivity contribution in [1.82, 2.24) is 10.1 Å². The zero-order valence-corrected chi connectivity index (χ0v) is 14.7. The number of ether oxygens (including phenoxy) is 2. The van der Waals surface area contributed by atoms with Crippen LogP contribution >= 0.6 is 0 Å². The second-order valence-corrected chi connectivity index (χ2v) is 7.02. The predicted molar refractivity (Wildman–Crippen MR) is 94.6 cm³/mol. The summed E-state index contributed by atoms with van der Waals surface area (Å²) in [6.07, 6.45) is 3.45. The molecule has 0 saturated carbocycles. The number of rotatable bonds is 5. The summed E-state index contributed by atoms with van der Waals surface area (Å²) in [5.74, 6) is 1.22. The summed E-state index contributed by atoms with van der Waals surface area (Å²) < 4.78 is 16.9. The summed E-state index contributed by atoms with van der Waals surface area (Å²) in [4.78, 5) is 6.71. The van der Waals surface area contributed by atoms with Gasteiger partial charge in [-0.2, -0.15) is 4.98 Å². The maximum absolute atomic E-state index is 6.06. The zero-order chi connectivity index (χ0) is 17.1. The van der Waals surface area contributed by atoms with Crippen LogP contribution in [-0.4, -0.2) is 49.2 Å². The molecule has 0 amide bonds. The van der Waals surface area contributed by atoms with Crippen LogP contribution in [0.15, 0.2) is 28.8 Å². The van der Waals surface area contributed by atoms with Gasteiger partial charge in [-0.25, -0.2) is 0 Å². The van der Waals surface area contributed by atoms with Gasteiger partial charge in [0.1, 0.15) is 0 Å². The third-order valence-corrected chi connectivity index (χ3v) is 5.03. The lowest BCUT2D eigenvalue weighted by Gasteiger charge is -2.30. The van der Waals surface area contributed by atoms with Crippen molar-refractivity contribution in [2.24, 2.45) is 5.92 Å². The summed E-state index contributed by atoms with van der Waals surface area (Å²) in [7, 11) is 0. The number of anilines is 1. The second kappa shape index (κ2) is 7.54. The van der Waals surface area contributed by atoms with E-state index in [1.807, 2.05) is 12.1 Å². The molecule has 0 N–H and O–H groups in total. The number of aromatic nitrogens is 2. The van der Waals surface area contributed by atoms with Gasteiger partial charge >= 0.3 is 6.01 Å². The van der Waals surface area contributed by atoms with Crippen LogP contribution in [0.25, 0.3) is 11.4 Å². The van der Waals surface area contributed by atoms with E-state index < -0.39 is 0 Å². The Morgan fingerprint density at radius 1 is 1.16 bits per heavy atom. The third-order valence-electron chi connectivity index (χ3n) is 5.03. The zero-order valence-electron chi connectivity index (χ0n) is 14.7. The molecule has 6 nitrogen and oxygen atoms in total. The molecular weight excluding hydrogens is 318 g/mol. The van der Waals surface area contributed by atoms with Gasteiger partial charge in [0, 0.05) is 31.2 Å². The number of nitrogens with zero attached hydrogens (tertiary/aromatic N) is 3. The van der Waals surface area contributed by atoms with Gasteiger partial charge < -0.3 is 18.9 Å². The molecule has 0 spiro atoms. The molecule has 0 aliphatic carbocycles. The first-order valence-electron chi connectivity index (χ1n) is 9.13. The molecule has 3 heterocycles. The molecule has 2 fully saturated rings. The Bertz CT molecular complexity index is 671. The van der Waals surface area contributed by atoms with Crippen LogP contribution in [0, 0.1) is 12.8 Å². The summed E-state index contributed by atoms with van der Waals surface area (Å²) in [5.41, 5.74) is 2.20. The van der Waals surface area contributed by atoms with E-state index in [0.29, 0.717) is 23.9 Å². The highest BCUT2D eigenvalue weighted by molar-refractivity contribution is 5.56. The van der Waals surface area contributed by atoms with Crippen LogP contribution < -0.4 is 4.90 Å². The van der Waals surface area contributed by atoms with Gasteiger partial charge in [-0.3, -0.25) is 0 Å². The van der Waals surface area contributed by atoms with Gasteiger partial charge in [0.15, 0.2) is 0 Å². The molecule has 2 saturated heterocycles. The molecule has 0 bridgehead atoms. The minimum Gasteiger partial charge on any atom is -0.381 e. The lowest BCUT2D eigenvalue weighted by atomic mass is 10.1. The largest absolute Gasteiger partial charge is 0.381 e. The molecule has 2 aliphatic heterocycles. The summed E-state index contributed by atoms with van der Waals surface area (Å²) >= 11 is 0. The minimum absolute atomic E-state index is 0.330. The van der Waals surface area contributed by atoms with Gasteiger partial charge in [0.2, 0.25) is 5.82 Å². The normalized spacial score (nSPS) is 21.8. The van der Waals surface area contributed by atoms with Gasteiger partial charge in [0.25, 0.3) is 0 Å². The Kier molecular flexibility index (Phi) is 4.99. The van der Waals surface area contributed by atoms with Crippen LogP contribution in [0.3, 0.4) is 0 Å². The summed E-state index contributed by atoms with van der Waals surface area (Å²) in [5, 5.41) is 4.13. The van der Waals surface area contributed by atoms with Crippen LogP contribution in [0.2, 0.25) is 0 Å². The average Bonchev–Trinajstić information content (AvgIpc) is 3.33. The van der Waals surface area contributed by atoms with E-state index in [4.69, 9.17) is 14.0 Å². The Labute approximate surface area is 148 Å². The van der Waals surface area contributed by atoms with Crippen LogP contribution in [0.1, 0.15) is 24.8 Å². The van der Waals surface area contributed by atoms with Crippen molar-refractivity contribution in [3.05, 3.63) is 29.8 Å². The third kappa shape index (κ3) is 4.02. The van der Waals surface area contributed by atoms with Gasteiger partial charge in [-0.05, 0) is 26.2 Å². The van der Waals surface area contributed by atoms with E-state index in [-0.39, 0.29) is 0 Å². The first-order chi connectivity index (χ1) is 12.3. The predicted octanol–water partition coefficient (Wildman–Crippen LogP) is 3.07. The van der Waals surface area contributed by atoms with Crippen molar-refractivity contribution in [2.45, 2.75) is 32.3 Å². The molecule has 2 aromatic rings. The Balaban J connectivity index is 1.29. The molecule has 6 heteroatoms. The summed E-state index contributed by atoms with van der Waals surface area (Å²) in [6, 6.07) is 8.78. The molecule has 0 radical (unpaired) electrons. The number of aryl methyl sites for hydroxylation is 1. The first-order valence-corrected chi connectivity index (χ1v) is 9.13. The van der Waals surface area contributed by atoms with Crippen molar-refractivity contribution in [1.29, 1.82) is 0 Å². The standard InChI is InChI=1S/C19H25N3O3/c1-14-2-4-16(5-3-14)18-20-19(25-21-18)22-9-6-17(7-10-22)24-13-15-8-11-23-12-15/h2-5,15,17H,6-13H2,1H3. The number of piperidine rings is 1. The first kappa shape index (κ1) is 16.5. The fraction of sp³-hybridized carbons (Fsp3) is 0.579. The van der Waals surface area contributed by atoms with Crippen molar-refractivity contribution >= 4 is 6.01 Å². The summed E-state index contributed by atoms with van der Waals surface area (Å²) in [6.45, 7) is 6.40. The Hall–Kier alpha value is -1.92. The number of hydrogen-bond acceptors (Lipinski definition) is 6. The average molecular weight is 343 g/mol. The lowest BCUT2D eigenvalue weighted by molar-refractivity contribution is 0.0126. The van der Waals surface area contributed by atoms with Crippen molar-refractivity contribution in [3.63, 3.8) is 0 Å². The highest BCUT2D eigenvalue weighted by Gasteiger charge is 2.25. The smallest absolute Gasteiger partial charge is 0.324 e. The van der Waals surface area contributed by atoms with Crippen molar-refractivity contribution in [3.8, 4) is 11.4 Å². The SMILES string of the molecule is Cc1ccc(-c2noc(N3CCC(OCC4CCOC4)CC3)n2)cc1. The maximum atomic E-state index is 6.06. The highest BCUT2D eigenvalue weighted by Crippen LogP contribution is 2.24. The fourth-order valence-corrected chi connectivity index (χ4v) is 3.36. The van der Waals surface area contributed by atoms with E-state index in [0.717, 1.165) is 57.7 Å². The van der Waals surface area contributed by atoms with Crippen LogP contribution in [0.4, 0.5) is 6.01 Å². The van der Waals surface area contributed by atoms with Crippen molar-refractivity contribution in [2.75, 3.05) is 37.8 Å². The topological polar surface area (TPSA) is 60.6 Å². The van der Waals surface area contributed by atoms with Crippen LogP contribution in [-0.2, 0) is 9.47 Å². The molecule has 1 atom stereocenters. The molecule has 1 aromatic heterocycles. The monoisotopic (exact) mass is 343 g/mol. The lowest BCUT2D eigenvalue weighted by Crippen LogP contribution is -2.37.